The van der Waals surface area contributed by atoms with Crippen LogP contribution in [0.25, 0.3) is 0 Å². The zero-order chi connectivity index (χ0) is 16.1. The molecule has 0 radical (unpaired) electrons. The van der Waals surface area contributed by atoms with Gasteiger partial charge in [-0.15, -0.1) is 0 Å². The van der Waals surface area contributed by atoms with Gasteiger partial charge in [0.25, 0.3) is 0 Å². The van der Waals surface area contributed by atoms with Gasteiger partial charge in [-0.25, -0.2) is 4.79 Å². The number of phenols is 1. The Bertz CT molecular complexity index is 694. The first-order chi connectivity index (χ1) is 10.5. The minimum atomic E-state index is -0.795. The summed E-state index contributed by atoms with van der Waals surface area (Å²) in [6.07, 6.45) is 0. The average Bonchev–Trinajstić information content (AvgIpc) is 2.52. The molecule has 0 amide bonds. The Hall–Kier alpha value is -2.53. The monoisotopic (exact) mass is 320 g/mol. The first-order valence-corrected chi connectivity index (χ1v) is 6.72. The molecular weight excluding hydrogens is 308 g/mol. The molecule has 5 nitrogen and oxygen atoms in total. The van der Waals surface area contributed by atoms with Crippen LogP contribution >= 0.6 is 11.6 Å². The number of carbonyl (C=O) groups excluding carboxylic acids is 2. The molecule has 0 spiro atoms. The maximum Gasteiger partial charge on any atom is 0.342 e. The Balaban J connectivity index is 1.99. The number of esters is 1. The van der Waals surface area contributed by atoms with Gasteiger partial charge in [-0.2, -0.15) is 0 Å². The second kappa shape index (κ2) is 6.95. The number of carbonyl (C=O) groups is 2. The lowest BCUT2D eigenvalue weighted by molar-refractivity contribution is 0.0472. The van der Waals surface area contributed by atoms with Crippen molar-refractivity contribution in [3.8, 4) is 11.5 Å². The summed E-state index contributed by atoms with van der Waals surface area (Å²) in [7, 11) is 1.52. The molecule has 2 aromatic rings. The number of hydrogen-bond acceptors (Lipinski definition) is 5. The van der Waals surface area contributed by atoms with Crippen molar-refractivity contribution in [2.45, 2.75) is 0 Å². The van der Waals surface area contributed by atoms with Crippen LogP contribution in [0.3, 0.4) is 0 Å². The van der Waals surface area contributed by atoms with E-state index in [2.05, 4.69) is 0 Å². The normalized spacial score (nSPS) is 10.1. The zero-order valence-electron chi connectivity index (χ0n) is 11.7. The smallest absolute Gasteiger partial charge is 0.342 e. The Labute approximate surface area is 132 Å². The van der Waals surface area contributed by atoms with Gasteiger partial charge in [-0.05, 0) is 42.5 Å². The van der Waals surface area contributed by atoms with Crippen molar-refractivity contribution in [3.05, 3.63) is 58.6 Å². The lowest BCUT2D eigenvalue weighted by atomic mass is 10.1. The molecule has 0 saturated heterocycles. The third kappa shape index (κ3) is 3.77. The van der Waals surface area contributed by atoms with Crippen LogP contribution in [0.2, 0.25) is 5.02 Å². The predicted octanol–water partition coefficient (Wildman–Crippen LogP) is 3.09. The van der Waals surface area contributed by atoms with Gasteiger partial charge in [-0.1, -0.05) is 11.6 Å². The average molecular weight is 321 g/mol. The second-order valence-electron chi connectivity index (χ2n) is 4.39. The number of hydrogen-bond donors (Lipinski definition) is 1. The number of benzene rings is 2. The van der Waals surface area contributed by atoms with E-state index in [9.17, 15) is 14.7 Å². The van der Waals surface area contributed by atoms with E-state index in [0.717, 1.165) is 0 Å². The second-order valence-corrected chi connectivity index (χ2v) is 4.83. The first-order valence-electron chi connectivity index (χ1n) is 6.34. The Morgan fingerprint density at radius 3 is 2.41 bits per heavy atom. The number of methoxy groups -OCH3 is 1. The number of Topliss-reactive ketones (excluding diaryl/α,β-unsaturated/α-hetero) is 1. The number of halogens is 1. The number of rotatable bonds is 5. The Morgan fingerprint density at radius 1 is 1.14 bits per heavy atom. The predicted molar refractivity (Wildman–Crippen MR) is 80.7 cm³/mol. The molecule has 114 valence electrons. The highest BCUT2D eigenvalue weighted by atomic mass is 35.5. The van der Waals surface area contributed by atoms with Crippen molar-refractivity contribution in [2.24, 2.45) is 0 Å². The van der Waals surface area contributed by atoms with Crippen LogP contribution in [0.5, 0.6) is 11.5 Å². The fraction of sp³-hybridized carbons (Fsp3) is 0.125. The SMILES string of the molecule is COc1ccc(C(=O)COC(=O)c2ccc(Cl)cc2O)cc1. The molecule has 2 rings (SSSR count). The molecular formula is C16H13ClO5. The summed E-state index contributed by atoms with van der Waals surface area (Å²) in [5.41, 5.74) is 0.348. The highest BCUT2D eigenvalue weighted by Gasteiger charge is 2.15. The van der Waals surface area contributed by atoms with E-state index in [1.54, 1.807) is 24.3 Å². The van der Waals surface area contributed by atoms with Crippen molar-refractivity contribution in [3.63, 3.8) is 0 Å². The Kier molecular flexibility index (Phi) is 5.01. The first kappa shape index (κ1) is 15.9. The minimum Gasteiger partial charge on any atom is -0.507 e. The van der Waals surface area contributed by atoms with Gasteiger partial charge in [0.05, 0.1) is 7.11 Å². The number of ether oxygens (including phenoxy) is 2. The molecule has 6 heteroatoms. The quantitative estimate of drug-likeness (QED) is 0.677. The van der Waals surface area contributed by atoms with E-state index < -0.39 is 12.6 Å². The Morgan fingerprint density at radius 2 is 1.82 bits per heavy atom. The van der Waals surface area contributed by atoms with Gasteiger partial charge < -0.3 is 14.6 Å². The van der Waals surface area contributed by atoms with E-state index in [-0.39, 0.29) is 17.1 Å². The lowest BCUT2D eigenvalue weighted by Crippen LogP contribution is -2.14. The summed E-state index contributed by atoms with van der Waals surface area (Å²) in [5.74, 6) is -0.825. The summed E-state index contributed by atoms with van der Waals surface area (Å²) in [4.78, 5) is 23.7. The maximum absolute atomic E-state index is 11.9. The molecule has 0 heterocycles. The van der Waals surface area contributed by atoms with Gasteiger partial charge in [0.15, 0.2) is 12.4 Å². The molecule has 0 unspecified atom stereocenters. The summed E-state index contributed by atoms with van der Waals surface area (Å²) in [6.45, 7) is -0.423. The summed E-state index contributed by atoms with van der Waals surface area (Å²) in [6, 6.07) is 10.4. The van der Waals surface area contributed by atoms with Crippen LogP contribution in [0, 0.1) is 0 Å². The highest BCUT2D eigenvalue weighted by Crippen LogP contribution is 2.22. The van der Waals surface area contributed by atoms with Crippen molar-refractivity contribution in [1.29, 1.82) is 0 Å². The van der Waals surface area contributed by atoms with Crippen LogP contribution in [-0.4, -0.2) is 30.6 Å². The third-order valence-corrected chi connectivity index (χ3v) is 3.16. The van der Waals surface area contributed by atoms with Gasteiger partial charge >= 0.3 is 5.97 Å². The number of ketones is 1. The lowest BCUT2D eigenvalue weighted by Gasteiger charge is -2.06. The van der Waals surface area contributed by atoms with E-state index in [1.165, 1.54) is 25.3 Å². The molecule has 0 aromatic heterocycles. The van der Waals surface area contributed by atoms with Gasteiger partial charge in [0.1, 0.15) is 17.1 Å². The summed E-state index contributed by atoms with van der Waals surface area (Å²) in [5, 5.41) is 9.91. The molecule has 0 aliphatic carbocycles. The van der Waals surface area contributed by atoms with Crippen LogP contribution in [0.1, 0.15) is 20.7 Å². The van der Waals surface area contributed by atoms with Gasteiger partial charge in [0.2, 0.25) is 0 Å². The summed E-state index contributed by atoms with van der Waals surface area (Å²) >= 11 is 5.68. The standard InChI is InChI=1S/C16H13ClO5/c1-21-12-5-2-10(3-6-12)15(19)9-22-16(20)13-7-4-11(17)8-14(13)18/h2-8,18H,9H2,1H3. The van der Waals surface area contributed by atoms with Crippen molar-refractivity contribution in [2.75, 3.05) is 13.7 Å². The summed E-state index contributed by atoms with van der Waals surface area (Å²) < 4.78 is 9.89. The molecule has 22 heavy (non-hydrogen) atoms. The van der Waals surface area contributed by atoms with E-state index in [1.807, 2.05) is 0 Å². The van der Waals surface area contributed by atoms with E-state index >= 15 is 0 Å². The van der Waals surface area contributed by atoms with Crippen molar-refractivity contribution >= 4 is 23.4 Å². The van der Waals surface area contributed by atoms with Crippen LogP contribution in [0.15, 0.2) is 42.5 Å². The topological polar surface area (TPSA) is 72.8 Å². The minimum absolute atomic E-state index is 0.0491. The number of aromatic hydroxyl groups is 1. The largest absolute Gasteiger partial charge is 0.507 e. The molecule has 0 bridgehead atoms. The van der Waals surface area contributed by atoms with E-state index in [4.69, 9.17) is 21.1 Å². The maximum atomic E-state index is 11.9. The molecule has 0 aliphatic rings. The van der Waals surface area contributed by atoms with E-state index in [0.29, 0.717) is 16.3 Å². The molecule has 0 fully saturated rings. The van der Waals surface area contributed by atoms with Crippen LogP contribution in [-0.2, 0) is 4.74 Å². The molecule has 0 aliphatic heterocycles. The fourth-order valence-electron chi connectivity index (χ4n) is 1.75. The van der Waals surface area contributed by atoms with Crippen molar-refractivity contribution < 1.29 is 24.2 Å². The molecule has 0 saturated carbocycles. The van der Waals surface area contributed by atoms with Crippen LogP contribution < -0.4 is 4.74 Å². The molecule has 1 N–H and O–H groups in total. The highest BCUT2D eigenvalue weighted by molar-refractivity contribution is 6.30. The van der Waals surface area contributed by atoms with Crippen molar-refractivity contribution in [1.82, 2.24) is 0 Å². The number of phenolic OH excluding ortho intramolecular Hbond substituents is 1. The molecule has 0 atom stereocenters. The van der Waals surface area contributed by atoms with Gasteiger partial charge in [-0.3, -0.25) is 4.79 Å². The zero-order valence-corrected chi connectivity index (χ0v) is 12.5. The van der Waals surface area contributed by atoms with Gasteiger partial charge in [0, 0.05) is 10.6 Å². The fourth-order valence-corrected chi connectivity index (χ4v) is 1.91. The molecule has 2 aromatic carbocycles. The third-order valence-electron chi connectivity index (χ3n) is 2.93. The van der Waals surface area contributed by atoms with Crippen LogP contribution in [0.4, 0.5) is 0 Å².